The molecule has 1 heterocycles. The van der Waals surface area contributed by atoms with Crippen LogP contribution in [0.25, 0.3) is 0 Å². The Labute approximate surface area is 142 Å². The van der Waals surface area contributed by atoms with E-state index in [1.165, 1.54) is 0 Å². The van der Waals surface area contributed by atoms with Gasteiger partial charge in [0.15, 0.2) is 11.5 Å². The largest absolute Gasteiger partial charge is 0.490 e. The van der Waals surface area contributed by atoms with E-state index in [9.17, 15) is 4.79 Å². The van der Waals surface area contributed by atoms with Crippen LogP contribution in [0.5, 0.6) is 11.5 Å². The highest BCUT2D eigenvalue weighted by Crippen LogP contribution is 2.28. The predicted molar refractivity (Wildman–Crippen MR) is 92.2 cm³/mol. The van der Waals surface area contributed by atoms with Crippen LogP contribution in [-0.2, 0) is 24.3 Å². The van der Waals surface area contributed by atoms with Gasteiger partial charge in [-0.2, -0.15) is 5.10 Å². The third-order valence-corrected chi connectivity index (χ3v) is 3.47. The zero-order valence-electron chi connectivity index (χ0n) is 14.5. The summed E-state index contributed by atoms with van der Waals surface area (Å²) in [6, 6.07) is 5.60. The lowest BCUT2D eigenvalue weighted by molar-refractivity contribution is -0.120. The normalized spacial score (nSPS) is 10.5. The first-order valence-electron chi connectivity index (χ1n) is 8.32. The van der Waals surface area contributed by atoms with Crippen molar-refractivity contribution in [1.82, 2.24) is 15.1 Å². The molecule has 0 unspecified atom stereocenters. The molecule has 1 amide bonds. The van der Waals surface area contributed by atoms with Crippen LogP contribution >= 0.6 is 0 Å². The first kappa shape index (κ1) is 17.8. The average Bonchev–Trinajstić information content (AvgIpc) is 3.04. The first-order valence-corrected chi connectivity index (χ1v) is 8.32. The van der Waals surface area contributed by atoms with E-state index in [0.29, 0.717) is 37.7 Å². The summed E-state index contributed by atoms with van der Waals surface area (Å²) >= 11 is 0. The predicted octanol–water partition coefficient (Wildman–Crippen LogP) is 2.56. The maximum atomic E-state index is 12.1. The molecule has 0 bridgehead atoms. The summed E-state index contributed by atoms with van der Waals surface area (Å²) in [5.41, 5.74) is 1.88. The smallest absolute Gasteiger partial charge is 0.224 e. The van der Waals surface area contributed by atoms with Crippen molar-refractivity contribution in [2.24, 2.45) is 0 Å². The second-order valence-electron chi connectivity index (χ2n) is 5.30. The van der Waals surface area contributed by atoms with Crippen LogP contribution in [0.4, 0.5) is 0 Å². The Hall–Kier alpha value is -2.50. The summed E-state index contributed by atoms with van der Waals surface area (Å²) in [6.07, 6.45) is 4.01. The van der Waals surface area contributed by atoms with Gasteiger partial charge in [0, 0.05) is 24.8 Å². The van der Waals surface area contributed by atoms with E-state index in [4.69, 9.17) is 9.47 Å². The number of ether oxygens (including phenoxy) is 2. The molecule has 130 valence electrons. The lowest BCUT2D eigenvalue weighted by Crippen LogP contribution is -2.24. The lowest BCUT2D eigenvalue weighted by Gasteiger charge is -2.12. The van der Waals surface area contributed by atoms with Crippen molar-refractivity contribution in [3.63, 3.8) is 0 Å². The number of aryl methyl sites for hydroxylation is 1. The number of amides is 1. The standard InChI is InChI=1S/C18H25N3O3/c1-4-21-13-15(12-20-21)11-19-18(22)10-14-7-8-16(23-5-2)17(9-14)24-6-3/h7-9,12-13H,4-6,10-11H2,1-3H3,(H,19,22). The second kappa shape index (κ2) is 8.96. The van der Waals surface area contributed by atoms with Gasteiger partial charge in [0.1, 0.15) is 0 Å². The third kappa shape index (κ3) is 5.01. The molecular weight excluding hydrogens is 306 g/mol. The zero-order chi connectivity index (χ0) is 17.4. The lowest BCUT2D eigenvalue weighted by atomic mass is 10.1. The molecule has 0 radical (unpaired) electrons. The highest BCUT2D eigenvalue weighted by Gasteiger charge is 2.09. The fraction of sp³-hybridized carbons (Fsp3) is 0.444. The van der Waals surface area contributed by atoms with E-state index < -0.39 is 0 Å². The van der Waals surface area contributed by atoms with Gasteiger partial charge in [-0.15, -0.1) is 0 Å². The van der Waals surface area contributed by atoms with Crippen molar-refractivity contribution in [3.8, 4) is 11.5 Å². The Morgan fingerprint density at radius 3 is 2.54 bits per heavy atom. The molecule has 0 spiro atoms. The summed E-state index contributed by atoms with van der Waals surface area (Å²) in [5.74, 6) is 1.34. The number of rotatable bonds is 9. The Kier molecular flexibility index (Phi) is 6.66. The van der Waals surface area contributed by atoms with E-state index >= 15 is 0 Å². The minimum Gasteiger partial charge on any atom is -0.490 e. The van der Waals surface area contributed by atoms with E-state index in [2.05, 4.69) is 10.4 Å². The zero-order valence-corrected chi connectivity index (χ0v) is 14.5. The summed E-state index contributed by atoms with van der Waals surface area (Å²) in [6.45, 7) is 8.30. The molecule has 1 aromatic carbocycles. The molecule has 0 aliphatic heterocycles. The fourth-order valence-corrected chi connectivity index (χ4v) is 2.32. The molecular formula is C18H25N3O3. The Morgan fingerprint density at radius 2 is 1.88 bits per heavy atom. The minimum atomic E-state index is -0.0362. The average molecular weight is 331 g/mol. The Bertz CT molecular complexity index is 667. The number of carbonyl (C=O) groups is 1. The monoisotopic (exact) mass is 331 g/mol. The molecule has 1 aromatic heterocycles. The highest BCUT2D eigenvalue weighted by molar-refractivity contribution is 5.78. The number of hydrogen-bond acceptors (Lipinski definition) is 4. The van der Waals surface area contributed by atoms with Gasteiger partial charge in [-0.1, -0.05) is 6.07 Å². The van der Waals surface area contributed by atoms with Crippen LogP contribution in [0, 0.1) is 0 Å². The van der Waals surface area contributed by atoms with Gasteiger partial charge in [0.2, 0.25) is 5.91 Å². The maximum absolute atomic E-state index is 12.1. The first-order chi connectivity index (χ1) is 11.7. The van der Waals surface area contributed by atoms with Gasteiger partial charge in [0.05, 0.1) is 25.8 Å². The number of nitrogens with zero attached hydrogens (tertiary/aromatic N) is 2. The molecule has 1 N–H and O–H groups in total. The molecule has 0 aliphatic carbocycles. The molecule has 6 nitrogen and oxygen atoms in total. The maximum Gasteiger partial charge on any atom is 0.224 e. The number of benzene rings is 1. The number of hydrogen-bond donors (Lipinski definition) is 1. The fourth-order valence-electron chi connectivity index (χ4n) is 2.32. The molecule has 0 fully saturated rings. The van der Waals surface area contributed by atoms with Gasteiger partial charge >= 0.3 is 0 Å². The Morgan fingerprint density at radius 1 is 1.12 bits per heavy atom. The quantitative estimate of drug-likeness (QED) is 0.767. The van der Waals surface area contributed by atoms with E-state index in [1.54, 1.807) is 6.20 Å². The van der Waals surface area contributed by atoms with Gasteiger partial charge in [-0.3, -0.25) is 9.48 Å². The van der Waals surface area contributed by atoms with Gasteiger partial charge in [0.25, 0.3) is 0 Å². The van der Waals surface area contributed by atoms with Crippen LogP contribution < -0.4 is 14.8 Å². The summed E-state index contributed by atoms with van der Waals surface area (Å²) in [7, 11) is 0. The molecule has 2 aromatic rings. The Balaban J connectivity index is 1.93. The molecule has 0 atom stereocenters. The molecule has 0 aliphatic rings. The molecule has 2 rings (SSSR count). The number of aromatic nitrogens is 2. The number of carbonyl (C=O) groups excluding carboxylic acids is 1. The topological polar surface area (TPSA) is 65.4 Å². The van der Waals surface area contributed by atoms with Gasteiger partial charge in [-0.05, 0) is 38.5 Å². The molecule has 0 saturated heterocycles. The summed E-state index contributed by atoms with van der Waals surface area (Å²) < 4.78 is 13.0. The van der Waals surface area contributed by atoms with Crippen LogP contribution in [0.2, 0.25) is 0 Å². The van der Waals surface area contributed by atoms with Crippen molar-refractivity contribution < 1.29 is 14.3 Å². The van der Waals surface area contributed by atoms with Crippen molar-refractivity contribution in [3.05, 3.63) is 41.7 Å². The SMILES string of the molecule is CCOc1ccc(CC(=O)NCc2cnn(CC)c2)cc1OCC. The minimum absolute atomic E-state index is 0.0362. The van der Waals surface area contributed by atoms with Crippen molar-refractivity contribution >= 4 is 5.91 Å². The van der Waals surface area contributed by atoms with Gasteiger partial charge in [-0.25, -0.2) is 0 Å². The third-order valence-electron chi connectivity index (χ3n) is 3.47. The highest BCUT2D eigenvalue weighted by atomic mass is 16.5. The summed E-state index contributed by atoms with van der Waals surface area (Å²) in [4.78, 5) is 12.1. The van der Waals surface area contributed by atoms with E-state index in [-0.39, 0.29) is 5.91 Å². The van der Waals surface area contributed by atoms with Crippen LogP contribution in [0.1, 0.15) is 31.9 Å². The van der Waals surface area contributed by atoms with Crippen LogP contribution in [0.3, 0.4) is 0 Å². The summed E-state index contributed by atoms with van der Waals surface area (Å²) in [5, 5.41) is 7.10. The molecule has 6 heteroatoms. The molecule has 0 saturated carbocycles. The van der Waals surface area contributed by atoms with Crippen molar-refractivity contribution in [2.45, 2.75) is 40.3 Å². The van der Waals surface area contributed by atoms with E-state index in [1.807, 2.05) is 49.8 Å². The van der Waals surface area contributed by atoms with E-state index in [0.717, 1.165) is 17.7 Å². The number of nitrogens with one attached hydrogen (secondary N) is 1. The second-order valence-corrected chi connectivity index (χ2v) is 5.30. The van der Waals surface area contributed by atoms with Gasteiger partial charge < -0.3 is 14.8 Å². The van der Waals surface area contributed by atoms with Crippen LogP contribution in [-0.4, -0.2) is 28.9 Å². The molecule has 24 heavy (non-hydrogen) atoms. The van der Waals surface area contributed by atoms with Crippen LogP contribution in [0.15, 0.2) is 30.6 Å². The van der Waals surface area contributed by atoms with Crippen molar-refractivity contribution in [1.29, 1.82) is 0 Å². The van der Waals surface area contributed by atoms with Crippen molar-refractivity contribution in [2.75, 3.05) is 13.2 Å².